The van der Waals surface area contributed by atoms with Crippen molar-refractivity contribution in [3.8, 4) is 23.0 Å². The Morgan fingerprint density at radius 1 is 1.19 bits per heavy atom. The van der Waals surface area contributed by atoms with Gasteiger partial charge in [0.15, 0.2) is 11.5 Å². The topological polar surface area (TPSA) is 98.9 Å². The maximum Gasteiger partial charge on any atom is 0.352 e. The number of Topliss-reactive ketones (excluding diaryl/α,β-unsaturated/α-hetero) is 1. The Morgan fingerprint density at radius 3 is 2.56 bits per heavy atom. The van der Waals surface area contributed by atoms with E-state index in [9.17, 15) is 14.7 Å². The summed E-state index contributed by atoms with van der Waals surface area (Å²) >= 11 is 5.91. The van der Waals surface area contributed by atoms with Gasteiger partial charge in [-0.25, -0.2) is 9.78 Å². The maximum atomic E-state index is 12.8. The summed E-state index contributed by atoms with van der Waals surface area (Å²) in [4.78, 5) is 37.7. The van der Waals surface area contributed by atoms with Gasteiger partial charge in [-0.15, -0.1) is 0 Å². The number of aromatic nitrogens is 1. The number of nitrogens with zero attached hydrogens (tertiary/aromatic N) is 1. The van der Waals surface area contributed by atoms with Crippen LogP contribution in [0.3, 0.4) is 0 Å². The predicted molar refractivity (Wildman–Crippen MR) is 119 cm³/mol. The fourth-order valence-corrected chi connectivity index (χ4v) is 3.36. The summed E-state index contributed by atoms with van der Waals surface area (Å²) in [6.45, 7) is 6.95. The van der Waals surface area contributed by atoms with Crippen LogP contribution in [0.25, 0.3) is 11.5 Å². The predicted octanol–water partition coefficient (Wildman–Crippen LogP) is 5.80. The van der Waals surface area contributed by atoms with E-state index in [-0.39, 0.29) is 29.8 Å². The molecule has 0 aliphatic rings. The second kappa shape index (κ2) is 9.87. The van der Waals surface area contributed by atoms with Crippen LogP contribution in [0.15, 0.2) is 40.8 Å². The molecule has 3 aromatic rings. The van der Waals surface area contributed by atoms with Crippen molar-refractivity contribution in [2.45, 2.75) is 46.5 Å². The molecule has 0 atom stereocenters. The fraction of sp³-hybridized carbons (Fsp3) is 0.292. The van der Waals surface area contributed by atoms with E-state index in [1.807, 2.05) is 13.8 Å². The standard InChI is InChI=1S/C24H24ClNO6/c1-13(2)23-19(26-24(30-23)18-7-6-17(25)12-21(18)29)8-9-20(28)16-5-10-22(14(3)11-16)32-31-15(4)27/h5-7,10-13,29H,8-9H2,1-4H3. The summed E-state index contributed by atoms with van der Waals surface area (Å²) in [6.07, 6.45) is 0.608. The average Bonchev–Trinajstić information content (AvgIpc) is 3.15. The maximum absolute atomic E-state index is 12.8. The Balaban J connectivity index is 1.76. The molecule has 0 bridgehead atoms. The molecule has 0 aliphatic carbocycles. The van der Waals surface area contributed by atoms with Crippen molar-refractivity contribution in [3.63, 3.8) is 0 Å². The van der Waals surface area contributed by atoms with Crippen LogP contribution in [-0.4, -0.2) is 21.8 Å². The molecule has 168 valence electrons. The smallest absolute Gasteiger partial charge is 0.352 e. The van der Waals surface area contributed by atoms with Crippen molar-refractivity contribution < 1.29 is 28.9 Å². The lowest BCUT2D eigenvalue weighted by molar-refractivity contribution is -0.211. The number of rotatable bonds is 8. The average molecular weight is 458 g/mol. The molecule has 0 saturated heterocycles. The van der Waals surface area contributed by atoms with Crippen molar-refractivity contribution in [1.82, 2.24) is 4.98 Å². The van der Waals surface area contributed by atoms with Gasteiger partial charge in [0.2, 0.25) is 5.89 Å². The zero-order valence-corrected chi connectivity index (χ0v) is 19.0. The van der Waals surface area contributed by atoms with Crippen molar-refractivity contribution in [3.05, 3.63) is 64.0 Å². The Morgan fingerprint density at radius 2 is 1.94 bits per heavy atom. The molecule has 3 rings (SSSR count). The van der Waals surface area contributed by atoms with E-state index < -0.39 is 5.97 Å². The van der Waals surface area contributed by atoms with Gasteiger partial charge in [0.25, 0.3) is 0 Å². The van der Waals surface area contributed by atoms with Gasteiger partial charge in [-0.2, -0.15) is 0 Å². The van der Waals surface area contributed by atoms with Crippen molar-refractivity contribution >= 4 is 23.4 Å². The Hall–Kier alpha value is -3.32. The molecule has 0 radical (unpaired) electrons. The van der Waals surface area contributed by atoms with Crippen LogP contribution in [0.4, 0.5) is 0 Å². The monoisotopic (exact) mass is 457 g/mol. The van der Waals surface area contributed by atoms with E-state index in [1.165, 1.54) is 13.0 Å². The molecule has 1 N–H and O–H groups in total. The highest BCUT2D eigenvalue weighted by Crippen LogP contribution is 2.34. The number of aromatic hydroxyl groups is 1. The van der Waals surface area contributed by atoms with Crippen LogP contribution < -0.4 is 4.89 Å². The molecule has 1 heterocycles. The van der Waals surface area contributed by atoms with E-state index in [2.05, 4.69) is 9.87 Å². The fourth-order valence-electron chi connectivity index (χ4n) is 3.19. The number of aryl methyl sites for hydroxylation is 2. The lowest BCUT2D eigenvalue weighted by Crippen LogP contribution is -2.06. The minimum absolute atomic E-state index is 0.0248. The first-order chi connectivity index (χ1) is 15.2. The molecule has 7 nitrogen and oxygen atoms in total. The molecule has 1 aromatic heterocycles. The third kappa shape index (κ3) is 5.48. The summed E-state index contributed by atoms with van der Waals surface area (Å²) in [7, 11) is 0. The summed E-state index contributed by atoms with van der Waals surface area (Å²) < 4.78 is 5.92. The molecular weight excluding hydrogens is 434 g/mol. The molecule has 2 aromatic carbocycles. The lowest BCUT2D eigenvalue weighted by atomic mass is 10.0. The highest BCUT2D eigenvalue weighted by Gasteiger charge is 2.20. The molecular formula is C24H24ClNO6. The highest BCUT2D eigenvalue weighted by atomic mass is 35.5. The first kappa shape index (κ1) is 23.3. The third-order valence-electron chi connectivity index (χ3n) is 4.78. The molecule has 0 saturated carbocycles. The summed E-state index contributed by atoms with van der Waals surface area (Å²) in [5.41, 5.74) is 2.29. The number of phenols is 1. The minimum Gasteiger partial charge on any atom is -0.507 e. The molecule has 0 aliphatic heterocycles. The number of carbonyl (C=O) groups excluding carboxylic acids is 2. The molecule has 8 heteroatoms. The lowest BCUT2D eigenvalue weighted by Gasteiger charge is -2.08. The van der Waals surface area contributed by atoms with Crippen LogP contribution in [0.2, 0.25) is 5.02 Å². The number of ketones is 1. The van der Waals surface area contributed by atoms with E-state index in [0.717, 1.165) is 0 Å². The number of oxazole rings is 1. The van der Waals surface area contributed by atoms with Gasteiger partial charge in [0, 0.05) is 36.3 Å². The SMILES string of the molecule is CC(=O)OOc1ccc(C(=O)CCc2nc(-c3ccc(Cl)cc3O)oc2C(C)C)cc1C. The number of benzene rings is 2. The van der Waals surface area contributed by atoms with Gasteiger partial charge in [-0.05, 0) is 48.9 Å². The van der Waals surface area contributed by atoms with Gasteiger partial charge < -0.3 is 9.52 Å². The minimum atomic E-state index is -0.565. The van der Waals surface area contributed by atoms with Crippen LogP contribution >= 0.6 is 11.6 Å². The van der Waals surface area contributed by atoms with E-state index in [0.29, 0.717) is 45.3 Å². The first-order valence-electron chi connectivity index (χ1n) is 10.1. The molecule has 0 fully saturated rings. The van der Waals surface area contributed by atoms with Crippen LogP contribution in [-0.2, 0) is 16.1 Å². The van der Waals surface area contributed by atoms with E-state index in [1.54, 1.807) is 37.3 Å². The quantitative estimate of drug-likeness (QED) is 0.259. The van der Waals surface area contributed by atoms with Gasteiger partial charge in [0.1, 0.15) is 11.5 Å². The first-order valence-corrected chi connectivity index (χ1v) is 10.5. The summed E-state index contributed by atoms with van der Waals surface area (Å²) in [5, 5.41) is 10.6. The largest absolute Gasteiger partial charge is 0.507 e. The van der Waals surface area contributed by atoms with Gasteiger partial charge in [0.05, 0.1) is 11.3 Å². The van der Waals surface area contributed by atoms with Gasteiger partial charge >= 0.3 is 5.97 Å². The summed E-state index contributed by atoms with van der Waals surface area (Å²) in [6, 6.07) is 9.61. The van der Waals surface area contributed by atoms with Crippen LogP contribution in [0.1, 0.15) is 60.5 Å². The second-order valence-corrected chi connectivity index (χ2v) is 8.14. The van der Waals surface area contributed by atoms with Gasteiger partial charge in [-0.1, -0.05) is 25.4 Å². The van der Waals surface area contributed by atoms with E-state index >= 15 is 0 Å². The molecule has 0 amide bonds. The third-order valence-corrected chi connectivity index (χ3v) is 5.01. The highest BCUT2D eigenvalue weighted by molar-refractivity contribution is 6.30. The molecule has 32 heavy (non-hydrogen) atoms. The van der Waals surface area contributed by atoms with Crippen LogP contribution in [0, 0.1) is 6.92 Å². The Labute approximate surface area is 190 Å². The van der Waals surface area contributed by atoms with Crippen molar-refractivity contribution in [2.24, 2.45) is 0 Å². The zero-order chi connectivity index (χ0) is 23.4. The molecule has 0 spiro atoms. The zero-order valence-electron chi connectivity index (χ0n) is 18.3. The van der Waals surface area contributed by atoms with E-state index in [4.69, 9.17) is 20.9 Å². The number of halogens is 1. The normalized spacial score (nSPS) is 10.9. The number of carbonyl (C=O) groups is 2. The number of phenolic OH excluding ortho intramolecular Hbond substituents is 1. The van der Waals surface area contributed by atoms with Crippen molar-refractivity contribution in [2.75, 3.05) is 0 Å². The molecule has 0 unspecified atom stereocenters. The second-order valence-electron chi connectivity index (χ2n) is 7.71. The number of hydrogen-bond acceptors (Lipinski definition) is 7. The summed E-state index contributed by atoms with van der Waals surface area (Å²) in [5.74, 6) is 0.712. The Kier molecular flexibility index (Phi) is 7.20. The van der Waals surface area contributed by atoms with Crippen molar-refractivity contribution in [1.29, 1.82) is 0 Å². The van der Waals surface area contributed by atoms with Gasteiger partial charge in [-0.3, -0.25) is 14.6 Å². The van der Waals surface area contributed by atoms with Crippen LogP contribution in [0.5, 0.6) is 11.5 Å². The number of hydrogen-bond donors (Lipinski definition) is 1. The Bertz CT molecular complexity index is 1150.